The van der Waals surface area contributed by atoms with Crippen LogP contribution in [0.25, 0.3) is 10.8 Å². The quantitative estimate of drug-likeness (QED) is 0.223. The van der Waals surface area contributed by atoms with Crippen molar-refractivity contribution >= 4 is 45.4 Å². The average molecular weight is 490 g/mol. The van der Waals surface area contributed by atoms with E-state index in [0.29, 0.717) is 27.8 Å². The van der Waals surface area contributed by atoms with E-state index in [1.54, 1.807) is 18.2 Å². The van der Waals surface area contributed by atoms with E-state index in [1.165, 1.54) is 12.1 Å². The first-order valence-electron chi connectivity index (χ1n) is 10.7. The lowest BCUT2D eigenvalue weighted by Crippen LogP contribution is -2.33. The first-order chi connectivity index (χ1) is 16.5. The molecule has 6 rings (SSSR count). The van der Waals surface area contributed by atoms with Crippen LogP contribution in [-0.2, 0) is 0 Å². The number of non-ortho nitro benzene ring substituents is 1. The number of rotatable bonds is 3. The van der Waals surface area contributed by atoms with Crippen LogP contribution < -0.4 is 4.74 Å². The lowest BCUT2D eigenvalue weighted by Gasteiger charge is -2.38. The van der Waals surface area contributed by atoms with Crippen molar-refractivity contribution in [3.63, 3.8) is 0 Å². The third-order valence-corrected chi connectivity index (χ3v) is 6.76. The Morgan fingerprint density at radius 1 is 0.971 bits per heavy atom. The minimum atomic E-state index is -0.672. The van der Waals surface area contributed by atoms with Gasteiger partial charge in [0.25, 0.3) is 5.69 Å². The lowest BCUT2D eigenvalue weighted by atomic mass is 9.95. The highest BCUT2D eigenvalue weighted by Gasteiger charge is 2.42. The zero-order valence-electron chi connectivity index (χ0n) is 17.7. The molecule has 34 heavy (non-hydrogen) atoms. The molecule has 0 bridgehead atoms. The second-order valence-electron chi connectivity index (χ2n) is 8.34. The molecule has 0 aromatic heterocycles. The maximum Gasteiger partial charge on any atom is 0.269 e. The molecule has 168 valence electrons. The highest BCUT2D eigenvalue weighted by Crippen LogP contribution is 2.51. The Balaban J connectivity index is 1.48. The number of nitrogens with zero attached hydrogens (tertiary/aromatic N) is 3. The molecular weight excluding hydrogens is 473 g/mol. The molecular formula is C26H17Cl2N3O3. The zero-order valence-corrected chi connectivity index (χ0v) is 19.2. The van der Waals surface area contributed by atoms with E-state index < -0.39 is 11.2 Å². The van der Waals surface area contributed by atoms with Crippen LogP contribution in [0, 0.1) is 10.1 Å². The minimum Gasteiger partial charge on any atom is -0.463 e. The third-order valence-electron chi connectivity index (χ3n) is 6.26. The summed E-state index contributed by atoms with van der Waals surface area (Å²) >= 11 is 12.8. The van der Waals surface area contributed by atoms with Crippen LogP contribution in [0.15, 0.2) is 84.0 Å². The summed E-state index contributed by atoms with van der Waals surface area (Å²) in [6.45, 7) is 0. The molecule has 6 nitrogen and oxygen atoms in total. The van der Waals surface area contributed by atoms with Gasteiger partial charge < -0.3 is 4.74 Å². The number of hydrazone groups is 1. The Hall–Kier alpha value is -3.61. The summed E-state index contributed by atoms with van der Waals surface area (Å²) in [5.74, 6) is 0.527. The van der Waals surface area contributed by atoms with Gasteiger partial charge in [-0.3, -0.25) is 10.1 Å². The van der Waals surface area contributed by atoms with Crippen molar-refractivity contribution in [3.05, 3.63) is 116 Å². The second-order valence-corrected chi connectivity index (χ2v) is 9.18. The molecule has 0 N–H and O–H groups in total. The van der Waals surface area contributed by atoms with Crippen LogP contribution in [0.2, 0.25) is 10.0 Å². The van der Waals surface area contributed by atoms with Crippen molar-refractivity contribution in [2.24, 2.45) is 5.10 Å². The van der Waals surface area contributed by atoms with Crippen LogP contribution in [0.5, 0.6) is 5.75 Å². The number of nitro benzene ring substituents is 1. The van der Waals surface area contributed by atoms with Gasteiger partial charge in [0, 0.05) is 34.7 Å². The number of hydrogen-bond donors (Lipinski definition) is 0. The molecule has 2 atom stereocenters. The Morgan fingerprint density at radius 3 is 2.62 bits per heavy atom. The van der Waals surface area contributed by atoms with Gasteiger partial charge in [0.1, 0.15) is 5.75 Å². The number of hydrogen-bond acceptors (Lipinski definition) is 5. The summed E-state index contributed by atoms with van der Waals surface area (Å²) < 4.78 is 6.31. The molecule has 2 aliphatic heterocycles. The predicted octanol–water partition coefficient (Wildman–Crippen LogP) is 7.30. The molecule has 0 fully saturated rings. The molecule has 4 aromatic carbocycles. The Labute approximate surface area is 205 Å². The van der Waals surface area contributed by atoms with E-state index in [1.807, 2.05) is 23.2 Å². The van der Waals surface area contributed by atoms with E-state index in [2.05, 4.69) is 30.3 Å². The second kappa shape index (κ2) is 8.01. The molecule has 4 aromatic rings. The Morgan fingerprint density at radius 2 is 1.79 bits per heavy atom. The molecule has 0 spiro atoms. The molecule has 0 amide bonds. The van der Waals surface area contributed by atoms with Gasteiger partial charge in [0.05, 0.1) is 21.7 Å². The van der Waals surface area contributed by atoms with Gasteiger partial charge in [0.2, 0.25) is 6.23 Å². The van der Waals surface area contributed by atoms with E-state index in [4.69, 9.17) is 33.0 Å². The number of benzene rings is 4. The lowest BCUT2D eigenvalue weighted by molar-refractivity contribution is -0.385. The van der Waals surface area contributed by atoms with E-state index in [-0.39, 0.29) is 11.7 Å². The van der Waals surface area contributed by atoms with E-state index >= 15 is 0 Å². The van der Waals surface area contributed by atoms with Crippen LogP contribution >= 0.6 is 23.2 Å². The first kappa shape index (κ1) is 21.0. The smallest absolute Gasteiger partial charge is 0.269 e. The molecule has 0 aliphatic carbocycles. The van der Waals surface area contributed by atoms with Gasteiger partial charge in [-0.25, -0.2) is 5.01 Å². The predicted molar refractivity (Wildman–Crippen MR) is 133 cm³/mol. The normalized spacial score (nSPS) is 18.8. The fourth-order valence-electron chi connectivity index (χ4n) is 4.67. The monoisotopic (exact) mass is 489 g/mol. The maximum atomic E-state index is 11.4. The summed E-state index contributed by atoms with van der Waals surface area (Å²) in [7, 11) is 0. The molecule has 0 saturated carbocycles. The largest absolute Gasteiger partial charge is 0.463 e. The van der Waals surface area contributed by atoms with Crippen LogP contribution in [-0.4, -0.2) is 15.6 Å². The topological polar surface area (TPSA) is 68.0 Å². The molecule has 2 heterocycles. The summed E-state index contributed by atoms with van der Waals surface area (Å²) in [6, 6.07) is 24.2. The summed E-state index contributed by atoms with van der Waals surface area (Å²) in [4.78, 5) is 11.0. The highest BCUT2D eigenvalue weighted by atomic mass is 35.5. The van der Waals surface area contributed by atoms with Crippen molar-refractivity contribution in [2.75, 3.05) is 0 Å². The number of halogens is 2. The fourth-order valence-corrected chi connectivity index (χ4v) is 5.22. The van der Waals surface area contributed by atoms with Gasteiger partial charge >= 0.3 is 0 Å². The van der Waals surface area contributed by atoms with Gasteiger partial charge in [0.15, 0.2) is 0 Å². The van der Waals surface area contributed by atoms with Crippen molar-refractivity contribution in [1.82, 2.24) is 5.01 Å². The molecule has 8 heteroatoms. The van der Waals surface area contributed by atoms with Crippen molar-refractivity contribution < 1.29 is 9.66 Å². The first-order valence-corrected chi connectivity index (χ1v) is 11.5. The Kier molecular flexibility index (Phi) is 4.94. The molecule has 0 unspecified atom stereocenters. The molecule has 0 saturated heterocycles. The molecule has 0 radical (unpaired) electrons. The molecule has 2 aliphatic rings. The fraction of sp³-hybridized carbons (Fsp3) is 0.115. The SMILES string of the molecule is O=[N+]([O-])c1cccc([C@@H]2Oc3c(Cl)cc(Cl)cc3[C@H]3CC(c4ccc5ccccc5c4)=NN32)c1. The van der Waals surface area contributed by atoms with Crippen LogP contribution in [0.4, 0.5) is 5.69 Å². The van der Waals surface area contributed by atoms with Crippen LogP contribution in [0.3, 0.4) is 0 Å². The number of fused-ring (bicyclic) bond motifs is 4. The summed E-state index contributed by atoms with van der Waals surface area (Å²) in [6.07, 6.45) is -0.0504. The van der Waals surface area contributed by atoms with Crippen LogP contribution in [0.1, 0.15) is 35.4 Å². The maximum absolute atomic E-state index is 11.4. The van der Waals surface area contributed by atoms with Gasteiger partial charge in [-0.05, 0) is 34.5 Å². The summed E-state index contributed by atoms with van der Waals surface area (Å²) in [5, 5.41) is 21.4. The van der Waals surface area contributed by atoms with E-state index in [9.17, 15) is 10.1 Å². The van der Waals surface area contributed by atoms with Crippen molar-refractivity contribution in [3.8, 4) is 5.75 Å². The number of ether oxygens (including phenoxy) is 1. The Bertz CT molecular complexity index is 1500. The standard InChI is InChI=1S/C26H17Cl2N3O3/c27-19-12-21-24-14-23(17-9-8-15-4-1-2-5-16(15)10-17)29-30(24)26(34-25(21)22(28)13-19)18-6-3-7-20(11-18)31(32)33/h1-13,24,26H,14H2/t24-,26+/m1/s1. The van der Waals surface area contributed by atoms with Gasteiger partial charge in [-0.2, -0.15) is 5.10 Å². The zero-order chi connectivity index (χ0) is 23.4. The highest BCUT2D eigenvalue weighted by molar-refractivity contribution is 6.35. The van der Waals surface area contributed by atoms with Gasteiger partial charge in [-0.1, -0.05) is 71.7 Å². The number of nitro groups is 1. The van der Waals surface area contributed by atoms with Crippen molar-refractivity contribution in [2.45, 2.75) is 18.7 Å². The average Bonchev–Trinajstić information content (AvgIpc) is 3.29. The third kappa shape index (κ3) is 3.47. The van der Waals surface area contributed by atoms with Crippen molar-refractivity contribution in [1.29, 1.82) is 0 Å². The van der Waals surface area contributed by atoms with Gasteiger partial charge in [-0.15, -0.1) is 0 Å². The summed E-state index contributed by atoms with van der Waals surface area (Å²) in [5.41, 5.74) is 3.38. The minimum absolute atomic E-state index is 0.0106. The van der Waals surface area contributed by atoms with E-state index in [0.717, 1.165) is 27.6 Å².